The van der Waals surface area contributed by atoms with Crippen molar-refractivity contribution in [3.05, 3.63) is 71.3 Å². The maximum atomic E-state index is 6.11. The molecule has 2 atom stereocenters. The van der Waals surface area contributed by atoms with Crippen molar-refractivity contribution in [3.8, 4) is 11.4 Å². The topological polar surface area (TPSA) is 39.9 Å². The lowest BCUT2D eigenvalue weighted by atomic mass is 9.95. The molecule has 2 aromatic heterocycles. The summed E-state index contributed by atoms with van der Waals surface area (Å²) < 4.78 is 8.08. The summed E-state index contributed by atoms with van der Waals surface area (Å²) in [6, 6.07) is 10.4. The van der Waals surface area contributed by atoms with Crippen molar-refractivity contribution < 1.29 is 4.74 Å². The van der Waals surface area contributed by atoms with Gasteiger partial charge in [0, 0.05) is 41.3 Å². The Morgan fingerprint density at radius 2 is 2.00 bits per heavy atom. The van der Waals surface area contributed by atoms with Gasteiger partial charge in [0.15, 0.2) is 0 Å². The number of imidazole rings is 1. The number of rotatable bonds is 4. The number of aromatic nitrogens is 3. The van der Waals surface area contributed by atoms with E-state index in [2.05, 4.69) is 39.8 Å². The van der Waals surface area contributed by atoms with Crippen LogP contribution in [0.1, 0.15) is 17.2 Å². The Kier molecular flexibility index (Phi) is 4.55. The van der Waals surface area contributed by atoms with Crippen LogP contribution in [0, 0.1) is 12.8 Å². The monoisotopic (exact) mass is 353 g/mol. The first-order valence-electron chi connectivity index (χ1n) is 8.48. The molecule has 0 aliphatic carbocycles. The molecule has 25 heavy (non-hydrogen) atoms. The highest BCUT2D eigenvalue weighted by atomic mass is 35.5. The predicted molar refractivity (Wildman–Crippen MR) is 98.7 cm³/mol. The van der Waals surface area contributed by atoms with Gasteiger partial charge in [0.2, 0.25) is 0 Å². The van der Waals surface area contributed by atoms with Crippen LogP contribution in [-0.4, -0.2) is 27.7 Å². The lowest BCUT2D eigenvalue weighted by Gasteiger charge is -2.22. The molecule has 0 saturated carbocycles. The number of hydrogen-bond donors (Lipinski definition) is 0. The van der Waals surface area contributed by atoms with E-state index in [1.165, 1.54) is 5.56 Å². The summed E-state index contributed by atoms with van der Waals surface area (Å²) in [6.45, 7) is 3.55. The zero-order valence-corrected chi connectivity index (χ0v) is 14.9. The third-order valence-corrected chi connectivity index (χ3v) is 5.10. The van der Waals surface area contributed by atoms with Gasteiger partial charge in [-0.1, -0.05) is 11.6 Å². The van der Waals surface area contributed by atoms with E-state index in [9.17, 15) is 0 Å². The minimum Gasteiger partial charge on any atom is -0.379 e. The van der Waals surface area contributed by atoms with Crippen LogP contribution in [-0.2, 0) is 11.2 Å². The highest BCUT2D eigenvalue weighted by Crippen LogP contribution is 2.33. The minimum absolute atomic E-state index is 0.278. The fraction of sp³-hybridized carbons (Fsp3) is 0.300. The van der Waals surface area contributed by atoms with Crippen molar-refractivity contribution in [3.63, 3.8) is 0 Å². The summed E-state index contributed by atoms with van der Waals surface area (Å²) in [5.74, 6) is 1.40. The minimum atomic E-state index is 0.278. The van der Waals surface area contributed by atoms with Crippen LogP contribution in [0.2, 0.25) is 5.02 Å². The summed E-state index contributed by atoms with van der Waals surface area (Å²) in [5, 5.41) is 0.749. The van der Waals surface area contributed by atoms with Crippen molar-refractivity contribution >= 4 is 11.6 Å². The highest BCUT2D eigenvalue weighted by Gasteiger charge is 2.31. The number of pyridine rings is 1. The van der Waals surface area contributed by atoms with Crippen LogP contribution in [0.15, 0.2) is 55.1 Å². The Balaban J connectivity index is 1.64. The molecule has 1 fully saturated rings. The van der Waals surface area contributed by atoms with Gasteiger partial charge in [-0.15, -0.1) is 0 Å². The quantitative estimate of drug-likeness (QED) is 0.700. The molecule has 0 N–H and O–H groups in total. The largest absolute Gasteiger partial charge is 0.379 e. The van der Waals surface area contributed by atoms with Crippen molar-refractivity contribution in [2.24, 2.45) is 5.92 Å². The first-order valence-corrected chi connectivity index (χ1v) is 8.86. The Labute approximate surface area is 152 Å². The smallest absolute Gasteiger partial charge is 0.140 e. The Hall–Kier alpha value is -2.17. The van der Waals surface area contributed by atoms with Gasteiger partial charge in [-0.25, -0.2) is 4.98 Å². The second-order valence-corrected chi connectivity index (χ2v) is 6.98. The number of aryl methyl sites for hydroxylation is 1. The van der Waals surface area contributed by atoms with Crippen LogP contribution in [0.25, 0.3) is 11.4 Å². The van der Waals surface area contributed by atoms with E-state index in [0.29, 0.717) is 12.5 Å². The Bertz CT molecular complexity index is 862. The van der Waals surface area contributed by atoms with E-state index in [0.717, 1.165) is 35.0 Å². The standard InChI is InChI=1S/C20H20ClN3O/c1-14-10-17(21)2-3-18(14)20-23-8-9-24(20)19-13-25-12-16(19)11-15-4-6-22-7-5-15/h2-10,16,19H,11-13H2,1H3/t16-,19-/m1/s1. The van der Waals surface area contributed by atoms with E-state index in [1.807, 2.05) is 36.8 Å². The lowest BCUT2D eigenvalue weighted by Crippen LogP contribution is -2.20. The zero-order valence-electron chi connectivity index (χ0n) is 14.1. The molecule has 1 aliphatic heterocycles. The molecule has 3 heterocycles. The van der Waals surface area contributed by atoms with Gasteiger partial charge in [-0.05, 0) is 54.8 Å². The summed E-state index contributed by atoms with van der Waals surface area (Å²) in [4.78, 5) is 8.72. The fourth-order valence-corrected chi connectivity index (χ4v) is 3.81. The SMILES string of the molecule is Cc1cc(Cl)ccc1-c1nccn1[C@@H]1COC[C@H]1Cc1ccncc1. The van der Waals surface area contributed by atoms with Crippen LogP contribution >= 0.6 is 11.6 Å². The predicted octanol–water partition coefficient (Wildman–Crippen LogP) is 4.34. The first kappa shape index (κ1) is 16.3. The number of benzene rings is 1. The van der Waals surface area contributed by atoms with Crippen molar-refractivity contribution in [2.45, 2.75) is 19.4 Å². The molecule has 0 amide bonds. The van der Waals surface area contributed by atoms with Crippen LogP contribution in [0.4, 0.5) is 0 Å². The second-order valence-electron chi connectivity index (χ2n) is 6.54. The summed E-state index contributed by atoms with van der Waals surface area (Å²) in [6.07, 6.45) is 8.59. The number of ether oxygens (including phenoxy) is 1. The Morgan fingerprint density at radius 1 is 1.16 bits per heavy atom. The second kappa shape index (κ2) is 6.98. The number of nitrogens with zero attached hydrogens (tertiary/aromatic N) is 3. The average Bonchev–Trinajstić information content (AvgIpc) is 3.25. The van der Waals surface area contributed by atoms with Crippen molar-refractivity contribution in [1.29, 1.82) is 0 Å². The molecule has 1 aliphatic rings. The molecule has 1 aromatic carbocycles. The van der Waals surface area contributed by atoms with Gasteiger partial charge in [-0.3, -0.25) is 4.98 Å². The summed E-state index contributed by atoms with van der Waals surface area (Å²) in [7, 11) is 0. The van der Waals surface area contributed by atoms with Gasteiger partial charge in [0.25, 0.3) is 0 Å². The van der Waals surface area contributed by atoms with Gasteiger partial charge < -0.3 is 9.30 Å². The van der Waals surface area contributed by atoms with E-state index in [1.54, 1.807) is 0 Å². The maximum Gasteiger partial charge on any atom is 0.140 e. The summed E-state index contributed by atoms with van der Waals surface area (Å²) >= 11 is 6.11. The fourth-order valence-electron chi connectivity index (χ4n) is 3.58. The molecule has 3 aromatic rings. The maximum absolute atomic E-state index is 6.11. The van der Waals surface area contributed by atoms with E-state index in [-0.39, 0.29) is 6.04 Å². The van der Waals surface area contributed by atoms with Crippen LogP contribution in [0.3, 0.4) is 0 Å². The molecule has 0 bridgehead atoms. The van der Waals surface area contributed by atoms with Gasteiger partial charge in [0.1, 0.15) is 5.82 Å². The van der Waals surface area contributed by atoms with Gasteiger partial charge in [-0.2, -0.15) is 0 Å². The van der Waals surface area contributed by atoms with Crippen molar-refractivity contribution in [2.75, 3.05) is 13.2 Å². The lowest BCUT2D eigenvalue weighted by molar-refractivity contribution is 0.181. The van der Waals surface area contributed by atoms with Crippen LogP contribution < -0.4 is 0 Å². The number of halogens is 1. The molecule has 5 heteroatoms. The molecule has 4 rings (SSSR count). The van der Waals surface area contributed by atoms with E-state index >= 15 is 0 Å². The van der Waals surface area contributed by atoms with E-state index in [4.69, 9.17) is 16.3 Å². The van der Waals surface area contributed by atoms with Gasteiger partial charge >= 0.3 is 0 Å². The molecule has 0 spiro atoms. The van der Waals surface area contributed by atoms with E-state index < -0.39 is 0 Å². The van der Waals surface area contributed by atoms with Crippen LogP contribution in [0.5, 0.6) is 0 Å². The van der Waals surface area contributed by atoms with Crippen molar-refractivity contribution in [1.82, 2.24) is 14.5 Å². The third-order valence-electron chi connectivity index (χ3n) is 4.87. The van der Waals surface area contributed by atoms with Gasteiger partial charge in [0.05, 0.1) is 19.3 Å². The molecular weight excluding hydrogens is 334 g/mol. The molecule has 128 valence electrons. The molecule has 1 saturated heterocycles. The highest BCUT2D eigenvalue weighted by molar-refractivity contribution is 6.30. The zero-order chi connectivity index (χ0) is 17.2. The number of hydrogen-bond acceptors (Lipinski definition) is 3. The molecule has 0 radical (unpaired) electrons. The average molecular weight is 354 g/mol. The third kappa shape index (κ3) is 3.32. The summed E-state index contributed by atoms with van der Waals surface area (Å²) in [5.41, 5.74) is 3.54. The Morgan fingerprint density at radius 3 is 2.80 bits per heavy atom. The first-order chi connectivity index (χ1) is 12.2. The molecule has 0 unspecified atom stereocenters. The molecule has 4 nitrogen and oxygen atoms in total. The molecular formula is C20H20ClN3O. The normalized spacial score (nSPS) is 20.1.